The van der Waals surface area contributed by atoms with E-state index < -0.39 is 0 Å². The smallest absolute Gasteiger partial charge is 0.169 e. The number of hydrogen-bond acceptors (Lipinski definition) is 2. The molecule has 5 heteroatoms. The molecule has 0 bridgehead atoms. The highest BCUT2D eigenvalue weighted by atomic mass is 32.1. The van der Waals surface area contributed by atoms with Gasteiger partial charge in [0.25, 0.3) is 0 Å². The third kappa shape index (κ3) is 1.83. The lowest BCUT2D eigenvalue weighted by atomic mass is 10.1. The fourth-order valence-electron chi connectivity index (χ4n) is 2.49. The molecule has 0 aliphatic carbocycles. The van der Waals surface area contributed by atoms with E-state index in [-0.39, 0.29) is 6.04 Å². The van der Waals surface area contributed by atoms with Gasteiger partial charge in [-0.1, -0.05) is 6.07 Å². The van der Waals surface area contributed by atoms with Crippen molar-refractivity contribution >= 4 is 28.7 Å². The maximum absolute atomic E-state index is 5.44. The van der Waals surface area contributed by atoms with Gasteiger partial charge in [0, 0.05) is 36.9 Å². The largest absolute Gasteiger partial charge is 0.366 e. The Kier molecular flexibility index (Phi) is 3.09. The third-order valence-corrected chi connectivity index (χ3v) is 4.69. The summed E-state index contributed by atoms with van der Waals surface area (Å²) in [5, 5.41) is 6.05. The van der Waals surface area contributed by atoms with Crippen LogP contribution in [0.15, 0.2) is 35.8 Å². The van der Waals surface area contributed by atoms with Gasteiger partial charge in [0.05, 0.1) is 0 Å². The third-order valence-electron chi connectivity index (χ3n) is 3.33. The van der Waals surface area contributed by atoms with Crippen LogP contribution >= 0.6 is 23.6 Å². The molecular formula is C13H15N3S2. The number of nitrogens with zero attached hydrogens (tertiary/aromatic N) is 2. The van der Waals surface area contributed by atoms with Crippen molar-refractivity contribution in [3.05, 3.63) is 46.4 Å². The standard InChI is InChI=1S/C13H15N3S2/c1-14-13(17)16-8-7-15-6-2-4-10(15)12(16)11-5-3-9-18-11/h2-6,9,12H,7-8H2,1H3,(H,14,17). The molecule has 0 radical (unpaired) electrons. The van der Waals surface area contributed by atoms with E-state index in [2.05, 4.69) is 50.6 Å². The van der Waals surface area contributed by atoms with Crippen molar-refractivity contribution in [3.8, 4) is 0 Å². The first kappa shape index (κ1) is 11.7. The first-order valence-corrected chi connectivity index (χ1v) is 7.27. The Morgan fingerprint density at radius 2 is 2.28 bits per heavy atom. The topological polar surface area (TPSA) is 20.2 Å². The molecule has 0 spiro atoms. The molecule has 0 amide bonds. The SMILES string of the molecule is CNC(=S)N1CCn2cccc2C1c1cccs1. The Balaban J connectivity index is 2.05. The zero-order valence-electron chi connectivity index (χ0n) is 10.2. The maximum atomic E-state index is 5.44. The summed E-state index contributed by atoms with van der Waals surface area (Å²) in [4.78, 5) is 3.61. The molecule has 1 aliphatic heterocycles. The summed E-state index contributed by atoms with van der Waals surface area (Å²) in [5.74, 6) is 0. The van der Waals surface area contributed by atoms with Gasteiger partial charge in [0.2, 0.25) is 0 Å². The Labute approximate surface area is 116 Å². The quantitative estimate of drug-likeness (QED) is 0.809. The van der Waals surface area contributed by atoms with Crippen LogP contribution in [0.3, 0.4) is 0 Å². The average Bonchev–Trinajstić information content (AvgIpc) is 3.07. The fraction of sp³-hybridized carbons (Fsp3) is 0.308. The van der Waals surface area contributed by atoms with Crippen LogP contribution in [0.25, 0.3) is 0 Å². The lowest BCUT2D eigenvalue weighted by Gasteiger charge is -2.38. The number of fused-ring (bicyclic) bond motifs is 1. The monoisotopic (exact) mass is 277 g/mol. The van der Waals surface area contributed by atoms with E-state index >= 15 is 0 Å². The molecule has 18 heavy (non-hydrogen) atoms. The van der Waals surface area contributed by atoms with Crippen LogP contribution in [-0.2, 0) is 6.54 Å². The number of thiophene rings is 1. The minimum atomic E-state index is 0.244. The molecule has 1 N–H and O–H groups in total. The molecule has 94 valence electrons. The Bertz CT molecular complexity index is 544. The number of rotatable bonds is 1. The van der Waals surface area contributed by atoms with Crippen LogP contribution in [0.4, 0.5) is 0 Å². The van der Waals surface area contributed by atoms with Crippen LogP contribution in [-0.4, -0.2) is 28.2 Å². The van der Waals surface area contributed by atoms with Crippen LogP contribution < -0.4 is 5.32 Å². The summed E-state index contributed by atoms with van der Waals surface area (Å²) in [7, 11) is 1.89. The summed E-state index contributed by atoms with van der Waals surface area (Å²) in [6, 6.07) is 8.83. The predicted octanol–water partition coefficient (Wildman–Crippen LogP) is 2.46. The molecule has 0 saturated carbocycles. The number of hydrogen-bond donors (Lipinski definition) is 1. The minimum Gasteiger partial charge on any atom is -0.366 e. The average molecular weight is 277 g/mol. The first-order valence-electron chi connectivity index (χ1n) is 5.98. The van der Waals surface area contributed by atoms with E-state index in [4.69, 9.17) is 12.2 Å². The highest BCUT2D eigenvalue weighted by Gasteiger charge is 2.30. The van der Waals surface area contributed by atoms with Gasteiger partial charge in [-0.15, -0.1) is 11.3 Å². The van der Waals surface area contributed by atoms with E-state index in [0.717, 1.165) is 18.2 Å². The van der Waals surface area contributed by atoms with Gasteiger partial charge in [0.1, 0.15) is 6.04 Å². The van der Waals surface area contributed by atoms with E-state index in [0.29, 0.717) is 0 Å². The molecule has 0 saturated heterocycles. The summed E-state index contributed by atoms with van der Waals surface area (Å²) < 4.78 is 2.32. The molecular weight excluding hydrogens is 262 g/mol. The summed E-state index contributed by atoms with van der Waals surface area (Å²) in [5.41, 5.74) is 1.32. The molecule has 1 unspecified atom stereocenters. The van der Waals surface area contributed by atoms with Crippen molar-refractivity contribution in [1.82, 2.24) is 14.8 Å². The van der Waals surface area contributed by atoms with Gasteiger partial charge in [-0.3, -0.25) is 0 Å². The van der Waals surface area contributed by atoms with E-state index in [1.54, 1.807) is 11.3 Å². The van der Waals surface area contributed by atoms with Crippen molar-refractivity contribution in [2.45, 2.75) is 12.6 Å². The lowest BCUT2D eigenvalue weighted by molar-refractivity contribution is 0.291. The van der Waals surface area contributed by atoms with Crippen molar-refractivity contribution in [2.24, 2.45) is 0 Å². The summed E-state index contributed by atoms with van der Waals surface area (Å²) in [6.07, 6.45) is 2.15. The zero-order valence-corrected chi connectivity index (χ0v) is 11.8. The molecule has 1 atom stereocenters. The molecule has 3 heterocycles. The van der Waals surface area contributed by atoms with E-state index in [1.807, 2.05) is 7.05 Å². The van der Waals surface area contributed by atoms with Crippen molar-refractivity contribution in [2.75, 3.05) is 13.6 Å². The van der Waals surface area contributed by atoms with Gasteiger partial charge in [-0.2, -0.15) is 0 Å². The van der Waals surface area contributed by atoms with Crippen LogP contribution in [0.5, 0.6) is 0 Å². The van der Waals surface area contributed by atoms with E-state index in [1.165, 1.54) is 10.6 Å². The molecule has 0 aromatic carbocycles. The molecule has 2 aromatic heterocycles. The van der Waals surface area contributed by atoms with Crippen molar-refractivity contribution < 1.29 is 0 Å². The highest BCUT2D eigenvalue weighted by Crippen LogP contribution is 2.34. The zero-order chi connectivity index (χ0) is 12.5. The Morgan fingerprint density at radius 3 is 3.00 bits per heavy atom. The summed E-state index contributed by atoms with van der Waals surface area (Å²) >= 11 is 7.23. The first-order chi connectivity index (χ1) is 8.81. The molecule has 2 aromatic rings. The van der Waals surface area contributed by atoms with Gasteiger partial charge < -0.3 is 14.8 Å². The Morgan fingerprint density at radius 1 is 1.39 bits per heavy atom. The summed E-state index contributed by atoms with van der Waals surface area (Å²) in [6.45, 7) is 1.94. The molecule has 3 rings (SSSR count). The fourth-order valence-corrected chi connectivity index (χ4v) is 3.54. The van der Waals surface area contributed by atoms with Crippen LogP contribution in [0.2, 0.25) is 0 Å². The normalized spacial score (nSPS) is 18.5. The Hall–Kier alpha value is -1.33. The highest BCUT2D eigenvalue weighted by molar-refractivity contribution is 7.80. The van der Waals surface area contributed by atoms with E-state index in [9.17, 15) is 0 Å². The van der Waals surface area contributed by atoms with Crippen molar-refractivity contribution in [1.29, 1.82) is 0 Å². The minimum absolute atomic E-state index is 0.244. The van der Waals surface area contributed by atoms with Gasteiger partial charge in [-0.25, -0.2) is 0 Å². The number of nitrogens with one attached hydrogen (secondary N) is 1. The number of thiocarbonyl (C=S) groups is 1. The van der Waals surface area contributed by atoms with Gasteiger partial charge in [-0.05, 0) is 35.8 Å². The second-order valence-electron chi connectivity index (χ2n) is 4.29. The lowest BCUT2D eigenvalue weighted by Crippen LogP contribution is -2.45. The number of aromatic nitrogens is 1. The van der Waals surface area contributed by atoms with Crippen LogP contribution in [0.1, 0.15) is 16.6 Å². The molecule has 1 aliphatic rings. The second kappa shape index (κ2) is 4.74. The predicted molar refractivity (Wildman–Crippen MR) is 79.0 cm³/mol. The van der Waals surface area contributed by atoms with Gasteiger partial charge in [0.15, 0.2) is 5.11 Å². The van der Waals surface area contributed by atoms with Crippen molar-refractivity contribution in [3.63, 3.8) is 0 Å². The molecule has 0 fully saturated rings. The molecule has 3 nitrogen and oxygen atoms in total. The van der Waals surface area contributed by atoms with Crippen LogP contribution in [0, 0.1) is 0 Å². The van der Waals surface area contributed by atoms with Gasteiger partial charge >= 0.3 is 0 Å². The second-order valence-corrected chi connectivity index (χ2v) is 5.66. The maximum Gasteiger partial charge on any atom is 0.169 e.